The van der Waals surface area contributed by atoms with Gasteiger partial charge in [0.05, 0.1) is 0 Å². The molecule has 2 rings (SSSR count). The number of aromatic nitrogens is 1. The monoisotopic (exact) mass is 233 g/mol. The zero-order valence-corrected chi connectivity index (χ0v) is 9.62. The Bertz CT molecular complexity index is 538. The lowest BCUT2D eigenvalue weighted by Gasteiger charge is -2.09. The Labute approximate surface area is 99.1 Å². The van der Waals surface area contributed by atoms with Gasteiger partial charge in [0.15, 0.2) is 0 Å². The van der Waals surface area contributed by atoms with E-state index >= 15 is 0 Å². The van der Waals surface area contributed by atoms with Crippen LogP contribution in [0.3, 0.4) is 0 Å². The van der Waals surface area contributed by atoms with E-state index in [1.54, 1.807) is 6.07 Å². The molecule has 0 fully saturated rings. The molecule has 0 bridgehead atoms. The van der Waals surface area contributed by atoms with Gasteiger partial charge in [-0.15, -0.1) is 0 Å². The average molecular weight is 234 g/mol. The van der Waals surface area contributed by atoms with Gasteiger partial charge < -0.3 is 11.5 Å². The van der Waals surface area contributed by atoms with Crippen molar-refractivity contribution in [1.29, 1.82) is 0 Å². The molecule has 0 amide bonds. The minimum Gasteiger partial charge on any atom is -0.384 e. The van der Waals surface area contributed by atoms with Gasteiger partial charge in [0, 0.05) is 10.6 Å². The minimum atomic E-state index is 0.418. The maximum Gasteiger partial charge on any atom is 0.133 e. The summed E-state index contributed by atoms with van der Waals surface area (Å²) in [6, 6.07) is 9.29. The van der Waals surface area contributed by atoms with Crippen molar-refractivity contribution in [1.82, 2.24) is 4.98 Å². The van der Waals surface area contributed by atoms with Crippen LogP contribution in [0.15, 0.2) is 30.3 Å². The van der Waals surface area contributed by atoms with Gasteiger partial charge in [-0.25, -0.2) is 4.98 Å². The molecule has 4 N–H and O–H groups in total. The molecule has 0 aliphatic heterocycles. The molecule has 0 aliphatic carbocycles. The second-order valence-electron chi connectivity index (χ2n) is 3.58. The van der Waals surface area contributed by atoms with Crippen molar-refractivity contribution >= 4 is 23.2 Å². The summed E-state index contributed by atoms with van der Waals surface area (Å²) >= 11 is 6.06. The van der Waals surface area contributed by atoms with Crippen LogP contribution < -0.4 is 11.5 Å². The summed E-state index contributed by atoms with van der Waals surface area (Å²) < 4.78 is 0. The summed E-state index contributed by atoms with van der Waals surface area (Å²) in [6.07, 6.45) is 0. The molecular weight excluding hydrogens is 222 g/mol. The lowest BCUT2D eigenvalue weighted by Crippen LogP contribution is -1.99. The second kappa shape index (κ2) is 4.02. The highest BCUT2D eigenvalue weighted by Crippen LogP contribution is 2.31. The highest BCUT2D eigenvalue weighted by molar-refractivity contribution is 6.31. The van der Waals surface area contributed by atoms with Gasteiger partial charge in [0.2, 0.25) is 0 Å². The number of pyridine rings is 1. The molecule has 0 unspecified atom stereocenters. The number of hydrogen-bond donors (Lipinski definition) is 2. The van der Waals surface area contributed by atoms with Gasteiger partial charge in [-0.05, 0) is 36.2 Å². The molecular formula is C12H12ClN3. The topological polar surface area (TPSA) is 64.9 Å². The maximum atomic E-state index is 6.06. The summed E-state index contributed by atoms with van der Waals surface area (Å²) in [5, 5.41) is 0.716. The zero-order valence-electron chi connectivity index (χ0n) is 8.87. The Balaban J connectivity index is 2.63. The quantitative estimate of drug-likeness (QED) is 0.796. The molecule has 3 nitrogen and oxygen atoms in total. The molecule has 16 heavy (non-hydrogen) atoms. The van der Waals surface area contributed by atoms with Crippen molar-refractivity contribution in [3.05, 3.63) is 40.9 Å². The molecule has 2 aromatic rings. The van der Waals surface area contributed by atoms with Crippen LogP contribution in [-0.2, 0) is 0 Å². The second-order valence-corrected chi connectivity index (χ2v) is 3.99. The lowest BCUT2D eigenvalue weighted by atomic mass is 10.0. The number of nitrogen functional groups attached to an aromatic ring is 2. The highest BCUT2D eigenvalue weighted by atomic mass is 35.5. The molecule has 0 saturated heterocycles. The third-order valence-corrected chi connectivity index (χ3v) is 2.91. The molecule has 82 valence electrons. The molecule has 0 radical (unpaired) electrons. The van der Waals surface area contributed by atoms with Crippen molar-refractivity contribution in [3.8, 4) is 11.1 Å². The molecule has 1 heterocycles. The van der Waals surface area contributed by atoms with Crippen LogP contribution >= 0.6 is 11.6 Å². The fourth-order valence-corrected chi connectivity index (χ4v) is 1.79. The van der Waals surface area contributed by atoms with Crippen LogP contribution in [0.1, 0.15) is 5.56 Å². The molecule has 0 atom stereocenters. The lowest BCUT2D eigenvalue weighted by molar-refractivity contribution is 1.33. The van der Waals surface area contributed by atoms with E-state index in [1.165, 1.54) is 0 Å². The van der Waals surface area contributed by atoms with E-state index in [2.05, 4.69) is 4.98 Å². The number of nitrogens with zero attached hydrogens (tertiary/aromatic N) is 1. The van der Waals surface area contributed by atoms with Crippen molar-refractivity contribution in [2.24, 2.45) is 0 Å². The summed E-state index contributed by atoms with van der Waals surface area (Å²) in [7, 11) is 0. The third-order valence-electron chi connectivity index (χ3n) is 2.50. The predicted octanol–water partition coefficient (Wildman–Crippen LogP) is 2.87. The number of rotatable bonds is 1. The fourth-order valence-electron chi connectivity index (χ4n) is 1.62. The molecule has 0 aliphatic rings. The van der Waals surface area contributed by atoms with Crippen molar-refractivity contribution in [2.45, 2.75) is 6.92 Å². The number of benzene rings is 1. The van der Waals surface area contributed by atoms with Gasteiger partial charge in [-0.1, -0.05) is 23.7 Å². The van der Waals surface area contributed by atoms with E-state index in [0.717, 1.165) is 16.7 Å². The van der Waals surface area contributed by atoms with E-state index in [1.807, 2.05) is 31.2 Å². The standard InChI is InChI=1S/C12H12ClN3/c1-7-8(3-2-4-10(7)13)9-5-6-11(14)16-12(9)15/h2-6H,1H3,(H4,14,15,16). The first-order valence-corrected chi connectivity index (χ1v) is 5.25. The number of anilines is 2. The SMILES string of the molecule is Cc1c(Cl)cccc1-c1ccc(N)nc1N. The predicted molar refractivity (Wildman–Crippen MR) is 68.2 cm³/mol. The van der Waals surface area contributed by atoms with Gasteiger partial charge in [0.1, 0.15) is 11.6 Å². The van der Waals surface area contributed by atoms with Crippen LogP contribution in [0.5, 0.6) is 0 Å². The zero-order chi connectivity index (χ0) is 11.7. The van der Waals surface area contributed by atoms with E-state index in [9.17, 15) is 0 Å². The van der Waals surface area contributed by atoms with Crippen LogP contribution in [0.25, 0.3) is 11.1 Å². The van der Waals surface area contributed by atoms with Crippen molar-refractivity contribution in [2.75, 3.05) is 11.5 Å². The van der Waals surface area contributed by atoms with E-state index in [4.69, 9.17) is 23.1 Å². The Kier molecular flexibility index (Phi) is 2.71. The molecule has 1 aromatic carbocycles. The normalized spacial score (nSPS) is 10.4. The largest absolute Gasteiger partial charge is 0.384 e. The maximum absolute atomic E-state index is 6.06. The summed E-state index contributed by atoms with van der Waals surface area (Å²) in [6.45, 7) is 1.95. The molecule has 0 spiro atoms. The molecule has 4 heteroatoms. The van der Waals surface area contributed by atoms with E-state index in [-0.39, 0.29) is 0 Å². The Morgan fingerprint density at radius 1 is 1.06 bits per heavy atom. The first kappa shape index (κ1) is 10.8. The van der Waals surface area contributed by atoms with Gasteiger partial charge >= 0.3 is 0 Å². The van der Waals surface area contributed by atoms with Gasteiger partial charge in [-0.3, -0.25) is 0 Å². The fraction of sp³-hybridized carbons (Fsp3) is 0.0833. The smallest absolute Gasteiger partial charge is 0.133 e. The van der Waals surface area contributed by atoms with Gasteiger partial charge in [-0.2, -0.15) is 0 Å². The summed E-state index contributed by atoms with van der Waals surface area (Å²) in [4.78, 5) is 4.03. The first-order valence-electron chi connectivity index (χ1n) is 4.87. The summed E-state index contributed by atoms with van der Waals surface area (Å²) in [5.74, 6) is 0.839. The van der Waals surface area contributed by atoms with E-state index < -0.39 is 0 Å². The number of hydrogen-bond acceptors (Lipinski definition) is 3. The number of nitrogens with two attached hydrogens (primary N) is 2. The average Bonchev–Trinajstić information content (AvgIpc) is 2.23. The Morgan fingerprint density at radius 3 is 2.50 bits per heavy atom. The number of halogens is 1. The molecule has 1 aromatic heterocycles. The first-order chi connectivity index (χ1) is 7.59. The minimum absolute atomic E-state index is 0.418. The van der Waals surface area contributed by atoms with E-state index in [0.29, 0.717) is 16.7 Å². The summed E-state index contributed by atoms with van der Waals surface area (Å²) in [5.41, 5.74) is 14.2. The van der Waals surface area contributed by atoms with Crippen LogP contribution in [0.4, 0.5) is 11.6 Å². The van der Waals surface area contributed by atoms with Crippen molar-refractivity contribution < 1.29 is 0 Å². The van der Waals surface area contributed by atoms with Crippen molar-refractivity contribution in [3.63, 3.8) is 0 Å². The molecule has 0 saturated carbocycles. The van der Waals surface area contributed by atoms with Gasteiger partial charge in [0.25, 0.3) is 0 Å². The highest BCUT2D eigenvalue weighted by Gasteiger charge is 2.08. The third kappa shape index (κ3) is 1.82. The van der Waals surface area contributed by atoms with Crippen LogP contribution in [-0.4, -0.2) is 4.98 Å². The van der Waals surface area contributed by atoms with Crippen LogP contribution in [0.2, 0.25) is 5.02 Å². The Morgan fingerprint density at radius 2 is 1.81 bits per heavy atom. The Hall–Kier alpha value is -1.74. The van der Waals surface area contributed by atoms with Crippen LogP contribution in [0, 0.1) is 6.92 Å².